The molecule has 1 N–H and O–H groups in total. The number of H-pyrrole nitrogens is 1. The fraction of sp³-hybridized carbons (Fsp3) is 0.500. The van der Waals surface area contributed by atoms with Crippen LogP contribution in [0.2, 0.25) is 0 Å². The Morgan fingerprint density at radius 1 is 1.90 bits per heavy atom. The standard InChI is InChI=1S/C4H6ClN3OS/c1-8-3(9)6-7-4(8)10-2-5/h2H2,1H3,(H,6,9). The number of hydrogen-bond acceptors (Lipinski definition) is 3. The van der Waals surface area contributed by atoms with Crippen LogP contribution in [0.25, 0.3) is 0 Å². The molecule has 0 unspecified atom stereocenters. The second-order valence-electron chi connectivity index (χ2n) is 1.62. The fourth-order valence-corrected chi connectivity index (χ4v) is 1.29. The molecule has 0 aliphatic heterocycles. The predicted molar refractivity (Wildman–Crippen MR) is 40.4 cm³/mol. The summed E-state index contributed by atoms with van der Waals surface area (Å²) < 4.78 is 1.41. The lowest BCUT2D eigenvalue weighted by atomic mass is 11.1. The molecule has 4 nitrogen and oxygen atoms in total. The topological polar surface area (TPSA) is 50.7 Å². The van der Waals surface area contributed by atoms with Crippen LogP contribution in [0.3, 0.4) is 0 Å². The van der Waals surface area contributed by atoms with E-state index in [1.54, 1.807) is 7.05 Å². The summed E-state index contributed by atoms with van der Waals surface area (Å²) in [6.45, 7) is 0. The molecular formula is C4H6ClN3OS. The number of halogens is 1. The van der Waals surface area contributed by atoms with Crippen molar-refractivity contribution in [3.8, 4) is 0 Å². The molecule has 0 fully saturated rings. The summed E-state index contributed by atoms with van der Waals surface area (Å²) in [5.74, 6) is 0. The van der Waals surface area contributed by atoms with Gasteiger partial charge in [0.1, 0.15) is 0 Å². The zero-order valence-corrected chi connectivity index (χ0v) is 6.87. The molecule has 0 aliphatic carbocycles. The molecule has 0 bridgehead atoms. The minimum atomic E-state index is -0.215. The van der Waals surface area contributed by atoms with Crippen LogP contribution in [-0.4, -0.2) is 20.0 Å². The summed E-state index contributed by atoms with van der Waals surface area (Å²) in [6.07, 6.45) is 0. The third kappa shape index (κ3) is 1.35. The summed E-state index contributed by atoms with van der Waals surface area (Å²) in [7, 11) is 1.64. The molecular weight excluding hydrogens is 174 g/mol. The van der Waals surface area contributed by atoms with Crippen LogP contribution >= 0.6 is 23.4 Å². The highest BCUT2D eigenvalue weighted by molar-refractivity contribution is 8.00. The van der Waals surface area contributed by atoms with Gasteiger partial charge in [0.25, 0.3) is 0 Å². The number of rotatable bonds is 2. The molecule has 1 rings (SSSR count). The van der Waals surface area contributed by atoms with Gasteiger partial charge >= 0.3 is 5.69 Å². The van der Waals surface area contributed by atoms with Crippen molar-refractivity contribution in [3.63, 3.8) is 0 Å². The first-order valence-electron chi connectivity index (χ1n) is 2.56. The lowest BCUT2D eigenvalue weighted by Crippen LogP contribution is -2.12. The van der Waals surface area contributed by atoms with Crippen LogP contribution in [0.4, 0.5) is 0 Å². The van der Waals surface area contributed by atoms with Crippen molar-refractivity contribution >= 4 is 23.4 Å². The van der Waals surface area contributed by atoms with E-state index in [0.717, 1.165) is 0 Å². The Kier molecular flexibility index (Phi) is 2.39. The van der Waals surface area contributed by atoms with E-state index in [9.17, 15) is 4.79 Å². The molecule has 1 aromatic heterocycles. The van der Waals surface area contributed by atoms with Gasteiger partial charge in [0, 0.05) is 7.05 Å². The third-order valence-corrected chi connectivity index (χ3v) is 2.08. The molecule has 10 heavy (non-hydrogen) atoms. The third-order valence-electron chi connectivity index (χ3n) is 1.02. The highest BCUT2D eigenvalue weighted by Crippen LogP contribution is 2.12. The van der Waals surface area contributed by atoms with Gasteiger partial charge in [-0.15, -0.1) is 16.7 Å². The van der Waals surface area contributed by atoms with E-state index in [-0.39, 0.29) is 5.69 Å². The Balaban J connectivity index is 2.94. The van der Waals surface area contributed by atoms with Crippen molar-refractivity contribution in [1.82, 2.24) is 14.8 Å². The summed E-state index contributed by atoms with van der Waals surface area (Å²) in [4.78, 5) is 10.7. The summed E-state index contributed by atoms with van der Waals surface area (Å²) in [5, 5.41) is 7.02. The highest BCUT2D eigenvalue weighted by Gasteiger charge is 2.01. The van der Waals surface area contributed by atoms with Crippen molar-refractivity contribution in [2.75, 3.05) is 5.21 Å². The molecule has 0 radical (unpaired) electrons. The van der Waals surface area contributed by atoms with Gasteiger partial charge in [0.05, 0.1) is 5.21 Å². The maximum Gasteiger partial charge on any atom is 0.343 e. The Morgan fingerprint density at radius 2 is 2.60 bits per heavy atom. The van der Waals surface area contributed by atoms with Crippen molar-refractivity contribution in [2.45, 2.75) is 5.16 Å². The van der Waals surface area contributed by atoms with Gasteiger partial charge in [0.15, 0.2) is 5.16 Å². The van der Waals surface area contributed by atoms with Gasteiger partial charge in [-0.3, -0.25) is 4.57 Å². The van der Waals surface area contributed by atoms with E-state index < -0.39 is 0 Å². The number of alkyl halides is 1. The number of aromatic nitrogens is 3. The van der Waals surface area contributed by atoms with E-state index in [0.29, 0.717) is 10.4 Å². The second-order valence-corrected chi connectivity index (χ2v) is 3.15. The minimum Gasteiger partial charge on any atom is -0.273 e. The average molecular weight is 180 g/mol. The van der Waals surface area contributed by atoms with Crippen molar-refractivity contribution in [1.29, 1.82) is 0 Å². The molecule has 0 atom stereocenters. The van der Waals surface area contributed by atoms with Crippen LogP contribution in [0.5, 0.6) is 0 Å². The predicted octanol–water partition coefficient (Wildman–Crippen LogP) is 0.397. The SMILES string of the molecule is Cn1c(SCCl)n[nH]c1=O. The van der Waals surface area contributed by atoms with E-state index in [1.807, 2.05) is 0 Å². The van der Waals surface area contributed by atoms with Crippen LogP contribution in [-0.2, 0) is 7.05 Å². The zero-order valence-electron chi connectivity index (χ0n) is 5.30. The maximum absolute atomic E-state index is 10.7. The molecule has 0 saturated carbocycles. The number of thioether (sulfide) groups is 1. The number of nitrogens with one attached hydrogen (secondary N) is 1. The summed E-state index contributed by atoms with van der Waals surface area (Å²) >= 11 is 6.72. The monoisotopic (exact) mass is 179 g/mol. The van der Waals surface area contributed by atoms with Crippen LogP contribution < -0.4 is 5.69 Å². The summed E-state index contributed by atoms with van der Waals surface area (Å²) in [5.41, 5.74) is -0.215. The Labute approximate surface area is 66.6 Å². The quantitative estimate of drug-likeness (QED) is 0.528. The van der Waals surface area contributed by atoms with E-state index in [2.05, 4.69) is 10.2 Å². The van der Waals surface area contributed by atoms with E-state index in [4.69, 9.17) is 11.6 Å². The lowest BCUT2D eigenvalue weighted by Gasteiger charge is -1.91. The molecule has 0 aliphatic rings. The average Bonchev–Trinajstić information content (AvgIpc) is 2.20. The first kappa shape index (κ1) is 7.68. The Hall–Kier alpha value is -0.420. The molecule has 0 aromatic carbocycles. The van der Waals surface area contributed by atoms with Gasteiger partial charge < -0.3 is 0 Å². The number of hydrogen-bond donors (Lipinski definition) is 1. The van der Waals surface area contributed by atoms with Crippen molar-refractivity contribution in [3.05, 3.63) is 10.5 Å². The van der Waals surface area contributed by atoms with E-state index in [1.165, 1.54) is 16.3 Å². The van der Waals surface area contributed by atoms with Crippen molar-refractivity contribution < 1.29 is 0 Å². The number of nitrogens with zero attached hydrogens (tertiary/aromatic N) is 2. The van der Waals surface area contributed by atoms with Gasteiger partial charge in [-0.2, -0.15) is 0 Å². The lowest BCUT2D eigenvalue weighted by molar-refractivity contribution is 0.767. The van der Waals surface area contributed by atoms with Gasteiger partial charge in [0.2, 0.25) is 0 Å². The molecule has 56 valence electrons. The van der Waals surface area contributed by atoms with Crippen LogP contribution in [0.15, 0.2) is 9.95 Å². The molecule has 0 spiro atoms. The fourth-order valence-electron chi connectivity index (χ4n) is 0.510. The second kappa shape index (κ2) is 3.12. The molecule has 0 amide bonds. The van der Waals surface area contributed by atoms with E-state index >= 15 is 0 Å². The van der Waals surface area contributed by atoms with Crippen LogP contribution in [0.1, 0.15) is 0 Å². The first-order chi connectivity index (χ1) is 4.75. The molecule has 0 saturated heterocycles. The first-order valence-corrected chi connectivity index (χ1v) is 4.08. The maximum atomic E-state index is 10.7. The van der Waals surface area contributed by atoms with Crippen molar-refractivity contribution in [2.24, 2.45) is 7.05 Å². The summed E-state index contributed by atoms with van der Waals surface area (Å²) in [6, 6.07) is 0. The Morgan fingerprint density at radius 3 is 3.00 bits per heavy atom. The van der Waals surface area contributed by atoms with Gasteiger partial charge in [-0.1, -0.05) is 11.8 Å². The molecule has 6 heteroatoms. The molecule has 1 heterocycles. The zero-order chi connectivity index (χ0) is 7.56. The largest absolute Gasteiger partial charge is 0.343 e. The number of aromatic amines is 1. The smallest absolute Gasteiger partial charge is 0.273 e. The van der Waals surface area contributed by atoms with Crippen LogP contribution in [0, 0.1) is 0 Å². The highest BCUT2D eigenvalue weighted by atomic mass is 35.5. The Bertz CT molecular complexity index is 268. The minimum absolute atomic E-state index is 0.215. The molecule has 1 aromatic rings. The van der Waals surface area contributed by atoms with Gasteiger partial charge in [-0.05, 0) is 0 Å². The van der Waals surface area contributed by atoms with Gasteiger partial charge in [-0.25, -0.2) is 9.89 Å². The normalized spacial score (nSPS) is 10.2.